The molecule has 2 heterocycles. The number of rotatable bonds is 6. The van der Waals surface area contributed by atoms with E-state index in [-0.39, 0.29) is 0 Å². The normalized spacial score (nSPS) is 10.9. The van der Waals surface area contributed by atoms with Crippen LogP contribution in [0.5, 0.6) is 0 Å². The van der Waals surface area contributed by atoms with Crippen molar-refractivity contribution < 1.29 is 0 Å². The summed E-state index contributed by atoms with van der Waals surface area (Å²) in [4.78, 5) is 14.7. The highest BCUT2D eigenvalue weighted by Gasteiger charge is 2.13. The van der Waals surface area contributed by atoms with Crippen LogP contribution in [0.15, 0.2) is 164 Å². The van der Waals surface area contributed by atoms with E-state index in [2.05, 4.69) is 132 Å². The molecule has 0 spiro atoms. The number of aromatic nitrogens is 3. The van der Waals surface area contributed by atoms with Crippen LogP contribution >= 0.6 is 0 Å². The third-order valence-corrected chi connectivity index (χ3v) is 7.36. The first-order valence-electron chi connectivity index (χ1n) is 14.0. The molecule has 3 heteroatoms. The van der Waals surface area contributed by atoms with Gasteiger partial charge in [-0.1, -0.05) is 127 Å². The van der Waals surface area contributed by atoms with E-state index in [0.717, 1.165) is 56.0 Å². The number of hydrogen-bond donors (Lipinski definition) is 0. The highest BCUT2D eigenvalue weighted by atomic mass is 14.9. The summed E-state index contributed by atoms with van der Waals surface area (Å²) >= 11 is 0. The van der Waals surface area contributed by atoms with E-state index >= 15 is 0 Å². The molecule has 0 saturated carbocycles. The number of nitrogens with zero attached hydrogens (tertiary/aromatic N) is 3. The van der Waals surface area contributed by atoms with Gasteiger partial charge in [0.25, 0.3) is 0 Å². The lowest BCUT2D eigenvalue weighted by molar-refractivity contribution is 1.18. The summed E-state index contributed by atoms with van der Waals surface area (Å²) in [5.74, 6) is 0.694. The summed E-state index contributed by atoms with van der Waals surface area (Å²) in [7, 11) is 0. The van der Waals surface area contributed by atoms with Gasteiger partial charge in [0, 0.05) is 28.5 Å². The van der Waals surface area contributed by atoms with Crippen LogP contribution in [0, 0.1) is 0 Å². The molecule has 0 aliphatic heterocycles. The van der Waals surface area contributed by atoms with E-state index in [4.69, 9.17) is 9.97 Å². The van der Waals surface area contributed by atoms with Crippen molar-refractivity contribution >= 4 is 0 Å². The fraction of sp³-hybridized carbons (Fsp3) is 0. The summed E-state index contributed by atoms with van der Waals surface area (Å²) in [6, 6.07) is 54.3. The fourth-order valence-corrected chi connectivity index (χ4v) is 5.17. The summed E-state index contributed by atoms with van der Waals surface area (Å²) in [6.45, 7) is 0. The molecule has 0 atom stereocenters. The summed E-state index contributed by atoms with van der Waals surface area (Å²) < 4.78 is 0. The highest BCUT2D eigenvalue weighted by molar-refractivity contribution is 5.77. The van der Waals surface area contributed by atoms with Gasteiger partial charge in [0.15, 0.2) is 5.82 Å². The Morgan fingerprint density at radius 1 is 0.286 bits per heavy atom. The molecule has 0 radical (unpaired) electrons. The molecule has 0 unspecified atom stereocenters. The second kappa shape index (κ2) is 11.4. The van der Waals surface area contributed by atoms with Gasteiger partial charge in [-0.15, -0.1) is 0 Å². The molecule has 0 aliphatic carbocycles. The first kappa shape index (κ1) is 25.3. The van der Waals surface area contributed by atoms with Crippen LogP contribution in [0.4, 0.5) is 0 Å². The zero-order chi connectivity index (χ0) is 28.1. The Hall–Kier alpha value is -5.67. The highest BCUT2D eigenvalue weighted by Crippen LogP contribution is 2.32. The minimum atomic E-state index is 0.694. The van der Waals surface area contributed by atoms with Gasteiger partial charge in [-0.3, -0.25) is 4.98 Å². The fourth-order valence-electron chi connectivity index (χ4n) is 5.17. The third-order valence-electron chi connectivity index (χ3n) is 7.36. The van der Waals surface area contributed by atoms with E-state index in [0.29, 0.717) is 5.82 Å². The van der Waals surface area contributed by atoms with Crippen molar-refractivity contribution in [3.05, 3.63) is 164 Å². The van der Waals surface area contributed by atoms with Gasteiger partial charge < -0.3 is 0 Å². The predicted octanol–water partition coefficient (Wildman–Crippen LogP) is 9.87. The molecule has 0 N–H and O–H groups in total. The van der Waals surface area contributed by atoms with Crippen LogP contribution in [-0.4, -0.2) is 15.0 Å². The van der Waals surface area contributed by atoms with Gasteiger partial charge in [0.1, 0.15) is 0 Å². The topological polar surface area (TPSA) is 38.7 Å². The lowest BCUT2D eigenvalue weighted by Crippen LogP contribution is -1.96. The molecule has 42 heavy (non-hydrogen) atoms. The minimum absolute atomic E-state index is 0.694. The molecule has 2 aromatic heterocycles. The molecule has 5 aromatic carbocycles. The molecule has 3 nitrogen and oxygen atoms in total. The maximum Gasteiger partial charge on any atom is 0.160 e. The second-order valence-electron chi connectivity index (χ2n) is 10.1. The average molecular weight is 538 g/mol. The van der Waals surface area contributed by atoms with Gasteiger partial charge in [0.05, 0.1) is 17.1 Å². The number of pyridine rings is 1. The van der Waals surface area contributed by atoms with E-state index in [1.165, 1.54) is 5.56 Å². The Bertz CT molecular complexity index is 1850. The largest absolute Gasteiger partial charge is 0.256 e. The molecule has 0 bridgehead atoms. The molecular weight excluding hydrogens is 510 g/mol. The Kier molecular flexibility index (Phi) is 6.89. The van der Waals surface area contributed by atoms with Crippen molar-refractivity contribution in [2.24, 2.45) is 0 Å². The molecule has 0 saturated heterocycles. The molecular formula is C39H27N3. The summed E-state index contributed by atoms with van der Waals surface area (Å²) in [6.07, 6.45) is 1.82. The van der Waals surface area contributed by atoms with Crippen LogP contribution in [-0.2, 0) is 0 Å². The number of benzene rings is 5. The molecule has 198 valence electrons. The standard InChI is InChI=1S/C39H27N3/c1-3-11-28(12-4-1)32-15-9-17-34(25-32)38-27-37(31-22-20-30(21-23-31)36-19-7-8-24-40-36)41-39(42-38)35-18-10-16-33(26-35)29-13-5-2-6-14-29/h1-27H. The van der Waals surface area contributed by atoms with E-state index < -0.39 is 0 Å². The average Bonchev–Trinajstić information content (AvgIpc) is 3.09. The van der Waals surface area contributed by atoms with Gasteiger partial charge in [0.2, 0.25) is 0 Å². The Balaban J connectivity index is 1.35. The minimum Gasteiger partial charge on any atom is -0.256 e. The van der Waals surface area contributed by atoms with E-state index in [9.17, 15) is 0 Å². The van der Waals surface area contributed by atoms with E-state index in [1.54, 1.807) is 0 Å². The van der Waals surface area contributed by atoms with Crippen molar-refractivity contribution in [3.8, 4) is 67.4 Å². The van der Waals surface area contributed by atoms with Crippen LogP contribution in [0.3, 0.4) is 0 Å². The smallest absolute Gasteiger partial charge is 0.160 e. The van der Waals surface area contributed by atoms with Crippen LogP contribution < -0.4 is 0 Å². The number of hydrogen-bond acceptors (Lipinski definition) is 3. The van der Waals surface area contributed by atoms with E-state index in [1.807, 2.05) is 36.5 Å². The lowest BCUT2D eigenvalue weighted by atomic mass is 9.99. The summed E-state index contributed by atoms with van der Waals surface area (Å²) in [5, 5.41) is 0. The monoisotopic (exact) mass is 537 g/mol. The zero-order valence-electron chi connectivity index (χ0n) is 22.9. The summed E-state index contributed by atoms with van der Waals surface area (Å²) in [5.41, 5.74) is 11.4. The van der Waals surface area contributed by atoms with Crippen LogP contribution in [0.2, 0.25) is 0 Å². The quantitative estimate of drug-likeness (QED) is 0.212. The van der Waals surface area contributed by atoms with Gasteiger partial charge in [-0.25, -0.2) is 9.97 Å². The van der Waals surface area contributed by atoms with Crippen molar-refractivity contribution in [1.82, 2.24) is 15.0 Å². The lowest BCUT2D eigenvalue weighted by Gasteiger charge is -2.12. The molecule has 0 aliphatic rings. The van der Waals surface area contributed by atoms with Gasteiger partial charge >= 0.3 is 0 Å². The van der Waals surface area contributed by atoms with Crippen molar-refractivity contribution in [3.63, 3.8) is 0 Å². The Morgan fingerprint density at radius 3 is 1.36 bits per heavy atom. The first-order valence-corrected chi connectivity index (χ1v) is 14.0. The first-order chi connectivity index (χ1) is 20.8. The van der Waals surface area contributed by atoms with Gasteiger partial charge in [-0.2, -0.15) is 0 Å². The second-order valence-corrected chi connectivity index (χ2v) is 10.1. The third kappa shape index (κ3) is 5.36. The van der Waals surface area contributed by atoms with Crippen molar-refractivity contribution in [1.29, 1.82) is 0 Å². The molecule has 7 rings (SSSR count). The zero-order valence-corrected chi connectivity index (χ0v) is 22.9. The van der Waals surface area contributed by atoms with Gasteiger partial charge in [-0.05, 0) is 52.6 Å². The maximum atomic E-state index is 5.11. The molecule has 7 aromatic rings. The predicted molar refractivity (Wildman–Crippen MR) is 172 cm³/mol. The maximum absolute atomic E-state index is 5.11. The van der Waals surface area contributed by atoms with Crippen molar-refractivity contribution in [2.75, 3.05) is 0 Å². The van der Waals surface area contributed by atoms with Crippen LogP contribution in [0.1, 0.15) is 0 Å². The Labute approximate surface area is 245 Å². The van der Waals surface area contributed by atoms with Crippen LogP contribution in [0.25, 0.3) is 67.4 Å². The molecule has 0 amide bonds. The Morgan fingerprint density at radius 2 is 0.762 bits per heavy atom. The van der Waals surface area contributed by atoms with Crippen molar-refractivity contribution in [2.45, 2.75) is 0 Å². The SMILES string of the molecule is c1ccc(-c2cccc(-c3cc(-c4ccc(-c5ccccn5)cc4)nc(-c4cccc(-c5ccccc5)c4)n3)c2)cc1. The molecule has 0 fully saturated rings.